The Hall–Kier alpha value is -1.82. The summed E-state index contributed by atoms with van der Waals surface area (Å²) in [7, 11) is 0. The number of carbonyl (C=O) groups is 1. The SMILES string of the molecule is Cc1ccc2nc(CCl)n(CCOC(N)=O)c2n1. The van der Waals surface area contributed by atoms with Crippen LogP contribution in [0.3, 0.4) is 0 Å². The van der Waals surface area contributed by atoms with Crippen LogP contribution < -0.4 is 5.73 Å². The molecule has 2 rings (SSSR count). The molecule has 0 atom stereocenters. The quantitative estimate of drug-likeness (QED) is 0.853. The summed E-state index contributed by atoms with van der Waals surface area (Å²) in [5.74, 6) is 0.962. The molecule has 2 aromatic rings. The molecule has 2 N–H and O–H groups in total. The van der Waals surface area contributed by atoms with Crippen LogP contribution in [-0.2, 0) is 17.2 Å². The van der Waals surface area contributed by atoms with Crippen molar-refractivity contribution >= 4 is 28.9 Å². The third-order valence-corrected chi connectivity index (χ3v) is 2.73. The summed E-state index contributed by atoms with van der Waals surface area (Å²) in [5, 5.41) is 0. The van der Waals surface area contributed by atoms with Crippen LogP contribution in [0.15, 0.2) is 12.1 Å². The molecule has 6 nitrogen and oxygen atoms in total. The lowest BCUT2D eigenvalue weighted by molar-refractivity contribution is 0.152. The molecule has 96 valence electrons. The van der Waals surface area contributed by atoms with Gasteiger partial charge in [-0.15, -0.1) is 11.6 Å². The predicted octanol–water partition coefficient (Wildman–Crippen LogP) is 1.57. The summed E-state index contributed by atoms with van der Waals surface area (Å²) in [6.07, 6.45) is -0.795. The molecule has 0 aliphatic rings. The molecule has 7 heteroatoms. The Labute approximate surface area is 109 Å². The minimum Gasteiger partial charge on any atom is -0.448 e. The van der Waals surface area contributed by atoms with E-state index in [-0.39, 0.29) is 12.5 Å². The second kappa shape index (κ2) is 5.22. The highest BCUT2D eigenvalue weighted by Gasteiger charge is 2.11. The van der Waals surface area contributed by atoms with Crippen molar-refractivity contribution in [3.63, 3.8) is 0 Å². The fraction of sp³-hybridized carbons (Fsp3) is 0.364. The minimum absolute atomic E-state index is 0.167. The highest BCUT2D eigenvalue weighted by atomic mass is 35.5. The van der Waals surface area contributed by atoms with Gasteiger partial charge in [0.25, 0.3) is 0 Å². The Kier molecular flexibility index (Phi) is 3.66. The molecule has 0 fully saturated rings. The third-order valence-electron chi connectivity index (χ3n) is 2.49. The number of hydrogen-bond acceptors (Lipinski definition) is 4. The lowest BCUT2D eigenvalue weighted by Gasteiger charge is -2.07. The van der Waals surface area contributed by atoms with Gasteiger partial charge in [-0.1, -0.05) is 0 Å². The summed E-state index contributed by atoms with van der Waals surface area (Å²) in [6.45, 7) is 2.50. The van der Waals surface area contributed by atoms with E-state index in [1.165, 1.54) is 0 Å². The van der Waals surface area contributed by atoms with Crippen LogP contribution in [0.1, 0.15) is 11.5 Å². The molecule has 0 aliphatic carbocycles. The van der Waals surface area contributed by atoms with Gasteiger partial charge in [0, 0.05) is 5.69 Å². The van der Waals surface area contributed by atoms with Crippen LogP contribution in [0, 0.1) is 6.92 Å². The van der Waals surface area contributed by atoms with Crippen molar-refractivity contribution in [2.75, 3.05) is 6.61 Å². The highest BCUT2D eigenvalue weighted by Crippen LogP contribution is 2.16. The third kappa shape index (κ3) is 2.53. The summed E-state index contributed by atoms with van der Waals surface area (Å²) in [5.41, 5.74) is 7.31. The molecule has 2 aromatic heterocycles. The number of amides is 1. The molecule has 0 saturated carbocycles. The van der Waals surface area contributed by atoms with E-state index in [2.05, 4.69) is 9.97 Å². The van der Waals surface area contributed by atoms with Gasteiger partial charge >= 0.3 is 6.09 Å². The van der Waals surface area contributed by atoms with Gasteiger partial charge in [0.15, 0.2) is 5.65 Å². The molecular formula is C11H13ClN4O2. The van der Waals surface area contributed by atoms with Crippen LogP contribution in [-0.4, -0.2) is 27.2 Å². The van der Waals surface area contributed by atoms with Gasteiger partial charge in [-0.2, -0.15) is 0 Å². The first-order valence-electron chi connectivity index (χ1n) is 5.42. The Morgan fingerprint density at radius 1 is 1.50 bits per heavy atom. The zero-order valence-corrected chi connectivity index (χ0v) is 10.6. The van der Waals surface area contributed by atoms with Gasteiger partial charge in [0.05, 0.1) is 12.4 Å². The van der Waals surface area contributed by atoms with Crippen molar-refractivity contribution in [1.82, 2.24) is 14.5 Å². The van der Waals surface area contributed by atoms with E-state index in [0.717, 1.165) is 16.9 Å². The van der Waals surface area contributed by atoms with E-state index in [1.54, 1.807) is 0 Å². The molecule has 2 heterocycles. The van der Waals surface area contributed by atoms with E-state index in [1.807, 2.05) is 23.6 Å². The van der Waals surface area contributed by atoms with Crippen LogP contribution in [0.25, 0.3) is 11.2 Å². The Bertz CT molecular complexity index is 582. The van der Waals surface area contributed by atoms with E-state index in [0.29, 0.717) is 12.4 Å². The number of carbonyl (C=O) groups excluding carboxylic acids is 1. The van der Waals surface area contributed by atoms with Crippen molar-refractivity contribution in [2.24, 2.45) is 5.73 Å². The molecule has 0 aliphatic heterocycles. The normalized spacial score (nSPS) is 10.8. The Balaban J connectivity index is 2.33. The summed E-state index contributed by atoms with van der Waals surface area (Å²) in [6, 6.07) is 3.77. The van der Waals surface area contributed by atoms with Crippen molar-refractivity contribution < 1.29 is 9.53 Å². The fourth-order valence-corrected chi connectivity index (χ4v) is 1.92. The largest absolute Gasteiger partial charge is 0.448 e. The number of imidazole rings is 1. The first-order chi connectivity index (χ1) is 8.61. The fourth-order valence-electron chi connectivity index (χ4n) is 1.72. The molecule has 0 radical (unpaired) electrons. The molecule has 0 bridgehead atoms. The van der Waals surface area contributed by atoms with Crippen LogP contribution in [0.5, 0.6) is 0 Å². The smallest absolute Gasteiger partial charge is 0.404 e. The Morgan fingerprint density at radius 2 is 2.28 bits per heavy atom. The molecule has 0 aromatic carbocycles. The first-order valence-corrected chi connectivity index (χ1v) is 5.96. The molecule has 1 amide bonds. The van der Waals surface area contributed by atoms with Gasteiger partial charge < -0.3 is 15.0 Å². The van der Waals surface area contributed by atoms with E-state index >= 15 is 0 Å². The van der Waals surface area contributed by atoms with Crippen LogP contribution in [0.4, 0.5) is 4.79 Å². The molecule has 0 unspecified atom stereocenters. The number of alkyl halides is 1. The van der Waals surface area contributed by atoms with Gasteiger partial charge in [0.1, 0.15) is 17.9 Å². The number of pyridine rings is 1. The maximum Gasteiger partial charge on any atom is 0.404 e. The van der Waals surface area contributed by atoms with Gasteiger partial charge in [-0.25, -0.2) is 14.8 Å². The molecule has 0 spiro atoms. The van der Waals surface area contributed by atoms with Gasteiger partial charge in [-0.3, -0.25) is 0 Å². The lowest BCUT2D eigenvalue weighted by atomic mass is 10.3. The minimum atomic E-state index is -0.795. The van der Waals surface area contributed by atoms with Crippen molar-refractivity contribution in [3.8, 4) is 0 Å². The summed E-state index contributed by atoms with van der Waals surface area (Å²) >= 11 is 5.84. The number of hydrogen-bond donors (Lipinski definition) is 1. The second-order valence-corrected chi connectivity index (χ2v) is 4.04. The lowest BCUT2D eigenvalue weighted by Crippen LogP contribution is -2.17. The van der Waals surface area contributed by atoms with Gasteiger partial charge in [0.2, 0.25) is 0 Å². The first kappa shape index (κ1) is 12.6. The highest BCUT2D eigenvalue weighted by molar-refractivity contribution is 6.16. The number of nitrogens with two attached hydrogens (primary N) is 1. The number of nitrogens with zero attached hydrogens (tertiary/aromatic N) is 3. The average molecular weight is 269 g/mol. The Morgan fingerprint density at radius 3 is 2.94 bits per heavy atom. The zero-order chi connectivity index (χ0) is 13.1. The number of aryl methyl sites for hydroxylation is 1. The summed E-state index contributed by atoms with van der Waals surface area (Å²) < 4.78 is 6.54. The predicted molar refractivity (Wildman–Crippen MR) is 67.4 cm³/mol. The van der Waals surface area contributed by atoms with E-state index in [4.69, 9.17) is 22.1 Å². The van der Waals surface area contributed by atoms with Crippen molar-refractivity contribution in [1.29, 1.82) is 0 Å². The van der Waals surface area contributed by atoms with E-state index < -0.39 is 6.09 Å². The van der Waals surface area contributed by atoms with Gasteiger partial charge in [-0.05, 0) is 19.1 Å². The van der Waals surface area contributed by atoms with Crippen molar-refractivity contribution in [2.45, 2.75) is 19.3 Å². The number of rotatable bonds is 4. The average Bonchev–Trinajstić information content (AvgIpc) is 2.66. The van der Waals surface area contributed by atoms with Crippen molar-refractivity contribution in [3.05, 3.63) is 23.7 Å². The number of halogens is 1. The summed E-state index contributed by atoms with van der Waals surface area (Å²) in [4.78, 5) is 19.3. The number of fused-ring (bicyclic) bond motifs is 1. The molecule has 0 saturated heterocycles. The standard InChI is InChI=1S/C11H13ClN4O2/c1-7-2-3-8-10(14-7)16(9(6-12)15-8)4-5-18-11(13)17/h2-3H,4-6H2,1H3,(H2,13,17). The van der Waals surface area contributed by atoms with Crippen LogP contribution >= 0.6 is 11.6 Å². The monoisotopic (exact) mass is 268 g/mol. The molecular weight excluding hydrogens is 256 g/mol. The topological polar surface area (TPSA) is 83.0 Å². The zero-order valence-electron chi connectivity index (χ0n) is 9.89. The maximum atomic E-state index is 10.5. The van der Waals surface area contributed by atoms with E-state index in [9.17, 15) is 4.79 Å². The van der Waals surface area contributed by atoms with Crippen LogP contribution in [0.2, 0.25) is 0 Å². The number of aromatic nitrogens is 3. The second-order valence-electron chi connectivity index (χ2n) is 3.78. The molecule has 18 heavy (non-hydrogen) atoms. The number of primary amides is 1. The maximum absolute atomic E-state index is 10.5. The number of ether oxygens (including phenoxy) is 1.